The molecule has 1 amide bonds. The number of alkyl halides is 1. The van der Waals surface area contributed by atoms with Gasteiger partial charge in [-0.25, -0.2) is 0 Å². The maximum Gasteiger partial charge on any atom is 0.229 e. The van der Waals surface area contributed by atoms with Gasteiger partial charge >= 0.3 is 0 Å². The molecule has 1 aliphatic heterocycles. The lowest BCUT2D eigenvalue weighted by Gasteiger charge is -2.27. The average Bonchev–Trinajstić information content (AvgIpc) is 2.66. The van der Waals surface area contributed by atoms with Crippen LogP contribution in [0.2, 0.25) is 0 Å². The third-order valence-corrected chi connectivity index (χ3v) is 3.85. The largest absolute Gasteiger partial charge is 0.342 e. The van der Waals surface area contributed by atoms with Crippen molar-refractivity contribution < 1.29 is 4.79 Å². The van der Waals surface area contributed by atoms with E-state index >= 15 is 0 Å². The lowest BCUT2D eigenvalue weighted by molar-refractivity contribution is -0.138. The molecule has 2 nitrogen and oxygen atoms in total. The molecular formula is C12H22ClNO. The van der Waals surface area contributed by atoms with Gasteiger partial charge < -0.3 is 4.90 Å². The second kappa shape index (κ2) is 5.20. The summed E-state index contributed by atoms with van der Waals surface area (Å²) in [5.41, 5.74) is -0.400. The number of likely N-dealkylation sites (tertiary alicyclic amines) is 1. The van der Waals surface area contributed by atoms with Crippen molar-refractivity contribution in [3.8, 4) is 0 Å². The molecule has 1 unspecified atom stereocenters. The third kappa shape index (κ3) is 3.10. The molecule has 0 aromatic rings. The van der Waals surface area contributed by atoms with Crippen molar-refractivity contribution in [1.29, 1.82) is 0 Å². The Morgan fingerprint density at radius 1 is 1.53 bits per heavy atom. The van der Waals surface area contributed by atoms with Crippen LogP contribution in [0.15, 0.2) is 0 Å². The Morgan fingerprint density at radius 3 is 2.73 bits per heavy atom. The molecule has 1 aliphatic rings. The molecule has 88 valence electrons. The zero-order valence-electron chi connectivity index (χ0n) is 10.1. The van der Waals surface area contributed by atoms with Crippen LogP contribution < -0.4 is 0 Å². The maximum atomic E-state index is 12.1. The van der Waals surface area contributed by atoms with Gasteiger partial charge in [0.15, 0.2) is 0 Å². The fourth-order valence-electron chi connectivity index (χ4n) is 2.15. The summed E-state index contributed by atoms with van der Waals surface area (Å²) in [7, 11) is 0. The molecule has 1 heterocycles. The number of hydrogen-bond donors (Lipinski definition) is 0. The molecule has 0 saturated carbocycles. The zero-order valence-corrected chi connectivity index (χ0v) is 10.8. The van der Waals surface area contributed by atoms with Crippen LogP contribution in [0.1, 0.15) is 40.0 Å². The number of halogens is 1. The van der Waals surface area contributed by atoms with Crippen molar-refractivity contribution in [2.75, 3.05) is 19.0 Å². The topological polar surface area (TPSA) is 20.3 Å². The highest BCUT2D eigenvalue weighted by Crippen LogP contribution is 2.27. The minimum Gasteiger partial charge on any atom is -0.342 e. The van der Waals surface area contributed by atoms with E-state index in [4.69, 9.17) is 11.6 Å². The lowest BCUT2D eigenvalue weighted by Crippen LogP contribution is -2.40. The van der Waals surface area contributed by atoms with Gasteiger partial charge in [0.1, 0.15) is 0 Å². The summed E-state index contributed by atoms with van der Waals surface area (Å²) in [6, 6.07) is 0. The van der Waals surface area contributed by atoms with Crippen LogP contribution in [0.4, 0.5) is 0 Å². The highest BCUT2D eigenvalue weighted by atomic mass is 35.5. The molecule has 0 N–H and O–H groups in total. The minimum atomic E-state index is -0.400. The van der Waals surface area contributed by atoms with Crippen molar-refractivity contribution in [3.63, 3.8) is 0 Å². The molecule has 0 radical (unpaired) electrons. The van der Waals surface area contributed by atoms with Crippen molar-refractivity contribution in [3.05, 3.63) is 0 Å². The highest BCUT2D eigenvalue weighted by molar-refractivity contribution is 6.19. The van der Waals surface area contributed by atoms with Crippen LogP contribution in [0, 0.1) is 11.3 Å². The quantitative estimate of drug-likeness (QED) is 0.682. The third-order valence-electron chi connectivity index (χ3n) is 3.18. The monoisotopic (exact) mass is 231 g/mol. The smallest absolute Gasteiger partial charge is 0.229 e. The SMILES string of the molecule is CCCC1CCN(C(=O)C(C)(C)CCl)C1. The summed E-state index contributed by atoms with van der Waals surface area (Å²) in [5, 5.41) is 0. The number of nitrogens with zero attached hydrogens (tertiary/aromatic N) is 1. The first-order chi connectivity index (χ1) is 7.01. The minimum absolute atomic E-state index is 0.219. The van der Waals surface area contributed by atoms with Gasteiger partial charge in [-0.2, -0.15) is 0 Å². The molecule has 0 aromatic heterocycles. The number of hydrogen-bond acceptors (Lipinski definition) is 1. The van der Waals surface area contributed by atoms with Crippen molar-refractivity contribution >= 4 is 17.5 Å². The average molecular weight is 232 g/mol. The van der Waals surface area contributed by atoms with Crippen LogP contribution in [-0.2, 0) is 4.79 Å². The fraction of sp³-hybridized carbons (Fsp3) is 0.917. The van der Waals surface area contributed by atoms with Crippen LogP contribution in [0.3, 0.4) is 0 Å². The van der Waals surface area contributed by atoms with E-state index < -0.39 is 5.41 Å². The molecule has 0 spiro atoms. The highest BCUT2D eigenvalue weighted by Gasteiger charge is 2.34. The van der Waals surface area contributed by atoms with E-state index in [1.54, 1.807) is 0 Å². The number of amides is 1. The lowest BCUT2D eigenvalue weighted by atomic mass is 9.94. The van der Waals surface area contributed by atoms with E-state index in [1.807, 2.05) is 18.7 Å². The molecule has 15 heavy (non-hydrogen) atoms. The van der Waals surface area contributed by atoms with E-state index in [2.05, 4.69) is 6.92 Å². The molecule has 1 atom stereocenters. The van der Waals surface area contributed by atoms with Gasteiger partial charge in [-0.15, -0.1) is 11.6 Å². The summed E-state index contributed by atoms with van der Waals surface area (Å²) in [6.07, 6.45) is 3.62. The van der Waals surface area contributed by atoms with Crippen LogP contribution in [0.5, 0.6) is 0 Å². The predicted molar refractivity (Wildman–Crippen MR) is 64.1 cm³/mol. The van der Waals surface area contributed by atoms with E-state index in [9.17, 15) is 4.79 Å². The standard InChI is InChI=1S/C12H22ClNO/c1-4-5-10-6-7-14(8-10)11(15)12(2,3)9-13/h10H,4-9H2,1-3H3. The Labute approximate surface area is 98.0 Å². The molecular weight excluding hydrogens is 210 g/mol. The first kappa shape index (κ1) is 12.8. The van der Waals surface area contributed by atoms with Gasteiger partial charge in [0.05, 0.1) is 5.41 Å². The van der Waals surface area contributed by atoms with Crippen LogP contribution in [0.25, 0.3) is 0 Å². The Kier molecular flexibility index (Phi) is 4.45. The fourth-order valence-corrected chi connectivity index (χ4v) is 2.26. The predicted octanol–water partition coefficient (Wildman–Crippen LogP) is 2.90. The van der Waals surface area contributed by atoms with Gasteiger partial charge in [-0.05, 0) is 32.6 Å². The summed E-state index contributed by atoms with van der Waals surface area (Å²) < 4.78 is 0. The summed E-state index contributed by atoms with van der Waals surface area (Å²) in [6.45, 7) is 7.91. The van der Waals surface area contributed by atoms with Gasteiger partial charge in [-0.3, -0.25) is 4.79 Å². The Hall–Kier alpha value is -0.240. The maximum absolute atomic E-state index is 12.1. The van der Waals surface area contributed by atoms with E-state index in [0.29, 0.717) is 11.8 Å². The normalized spacial score (nSPS) is 22.1. The van der Waals surface area contributed by atoms with Gasteiger partial charge in [0, 0.05) is 19.0 Å². The first-order valence-corrected chi connectivity index (χ1v) is 6.40. The molecule has 1 saturated heterocycles. The zero-order chi connectivity index (χ0) is 11.5. The Bertz CT molecular complexity index is 228. The molecule has 1 fully saturated rings. The van der Waals surface area contributed by atoms with E-state index in [0.717, 1.165) is 19.5 Å². The molecule has 0 aromatic carbocycles. The Morgan fingerprint density at radius 2 is 2.20 bits per heavy atom. The van der Waals surface area contributed by atoms with Crippen molar-refractivity contribution in [1.82, 2.24) is 4.90 Å². The summed E-state index contributed by atoms with van der Waals surface area (Å²) >= 11 is 5.82. The first-order valence-electron chi connectivity index (χ1n) is 5.86. The molecule has 0 aliphatic carbocycles. The van der Waals surface area contributed by atoms with Crippen molar-refractivity contribution in [2.24, 2.45) is 11.3 Å². The second-order valence-electron chi connectivity index (χ2n) is 5.21. The van der Waals surface area contributed by atoms with E-state index in [1.165, 1.54) is 12.8 Å². The van der Waals surface area contributed by atoms with Gasteiger partial charge in [0.2, 0.25) is 5.91 Å². The van der Waals surface area contributed by atoms with E-state index in [-0.39, 0.29) is 5.91 Å². The van der Waals surface area contributed by atoms with Crippen molar-refractivity contribution in [2.45, 2.75) is 40.0 Å². The summed E-state index contributed by atoms with van der Waals surface area (Å²) in [4.78, 5) is 14.1. The Balaban J connectivity index is 2.50. The van der Waals surface area contributed by atoms with Crippen LogP contribution >= 0.6 is 11.6 Å². The van der Waals surface area contributed by atoms with Crippen LogP contribution in [-0.4, -0.2) is 29.8 Å². The number of rotatable bonds is 4. The molecule has 1 rings (SSSR count). The molecule has 3 heteroatoms. The number of carbonyl (C=O) groups is 1. The second-order valence-corrected chi connectivity index (χ2v) is 5.48. The van der Waals surface area contributed by atoms with Gasteiger partial charge in [-0.1, -0.05) is 13.3 Å². The summed E-state index contributed by atoms with van der Waals surface area (Å²) in [5.74, 6) is 1.34. The van der Waals surface area contributed by atoms with Gasteiger partial charge in [0.25, 0.3) is 0 Å². The molecule has 0 bridgehead atoms. The number of carbonyl (C=O) groups excluding carboxylic acids is 1.